The molecule has 0 aromatic carbocycles. The third-order valence-corrected chi connectivity index (χ3v) is 2.15. The van der Waals surface area contributed by atoms with Gasteiger partial charge in [0, 0.05) is 0 Å². The quantitative estimate of drug-likeness (QED) is 0.289. The Morgan fingerprint density at radius 2 is 2.06 bits per heavy atom. The van der Waals surface area contributed by atoms with E-state index in [0.717, 1.165) is 0 Å². The van der Waals surface area contributed by atoms with E-state index in [4.69, 9.17) is 15.6 Å². The smallest absolute Gasteiger partial charge is 0.234 e. The first-order chi connectivity index (χ1) is 8.02. The van der Waals surface area contributed by atoms with Crippen LogP contribution in [-0.4, -0.2) is 55.0 Å². The SMILES string of the molecule is CC(C)[C@H](NC(=O)CN)C(O)OCCOCO. The molecule has 0 rings (SSSR count). The van der Waals surface area contributed by atoms with Gasteiger partial charge in [-0.05, 0) is 5.92 Å². The largest absolute Gasteiger partial charge is 0.371 e. The number of aliphatic hydroxyl groups excluding tert-OH is 2. The summed E-state index contributed by atoms with van der Waals surface area (Å²) in [6.07, 6.45) is -1.13. The van der Waals surface area contributed by atoms with Crippen molar-refractivity contribution in [2.75, 3.05) is 26.6 Å². The average Bonchev–Trinajstić information content (AvgIpc) is 2.30. The highest BCUT2D eigenvalue weighted by atomic mass is 16.6. The van der Waals surface area contributed by atoms with Crippen molar-refractivity contribution in [1.82, 2.24) is 5.32 Å². The van der Waals surface area contributed by atoms with Gasteiger partial charge in [0.15, 0.2) is 6.29 Å². The molecule has 0 saturated heterocycles. The molecule has 0 bridgehead atoms. The van der Waals surface area contributed by atoms with Gasteiger partial charge >= 0.3 is 0 Å². The minimum atomic E-state index is -1.13. The predicted molar refractivity (Wildman–Crippen MR) is 60.8 cm³/mol. The molecule has 0 aliphatic carbocycles. The van der Waals surface area contributed by atoms with Crippen molar-refractivity contribution in [3.63, 3.8) is 0 Å². The van der Waals surface area contributed by atoms with Crippen LogP contribution in [0.4, 0.5) is 0 Å². The summed E-state index contributed by atoms with van der Waals surface area (Å²) in [5.74, 6) is -0.350. The first-order valence-electron chi connectivity index (χ1n) is 5.50. The van der Waals surface area contributed by atoms with Crippen molar-refractivity contribution in [2.45, 2.75) is 26.2 Å². The molecule has 0 aromatic rings. The number of nitrogens with two attached hydrogens (primary N) is 1. The lowest BCUT2D eigenvalue weighted by Gasteiger charge is -2.27. The van der Waals surface area contributed by atoms with Gasteiger partial charge in [0.1, 0.15) is 6.79 Å². The molecule has 102 valence electrons. The molecule has 1 amide bonds. The minimum Gasteiger partial charge on any atom is -0.371 e. The molecular weight excluding hydrogens is 228 g/mol. The average molecular weight is 250 g/mol. The van der Waals surface area contributed by atoms with Gasteiger partial charge in [-0.25, -0.2) is 0 Å². The van der Waals surface area contributed by atoms with E-state index in [1.165, 1.54) is 0 Å². The standard InChI is InChI=1S/C10H22N2O5/c1-7(2)9(12-8(14)5-11)10(15)17-4-3-16-6-13/h7,9-10,13,15H,3-6,11H2,1-2H3,(H,12,14)/t9-,10?/m0/s1. The highest BCUT2D eigenvalue weighted by Crippen LogP contribution is 2.07. The predicted octanol–water partition coefficient (Wildman–Crippen LogP) is -1.61. The van der Waals surface area contributed by atoms with Crippen LogP contribution in [0, 0.1) is 5.92 Å². The van der Waals surface area contributed by atoms with Gasteiger partial charge in [0.25, 0.3) is 0 Å². The molecule has 0 aromatic heterocycles. The molecule has 0 aliphatic rings. The summed E-state index contributed by atoms with van der Waals surface area (Å²) < 4.78 is 9.72. The third-order valence-electron chi connectivity index (χ3n) is 2.15. The molecule has 0 radical (unpaired) electrons. The fraction of sp³-hybridized carbons (Fsp3) is 0.900. The van der Waals surface area contributed by atoms with E-state index in [1.807, 2.05) is 13.8 Å². The Morgan fingerprint density at radius 1 is 1.41 bits per heavy atom. The van der Waals surface area contributed by atoms with Gasteiger partial charge in [-0.3, -0.25) is 4.79 Å². The summed E-state index contributed by atoms with van der Waals surface area (Å²) in [6.45, 7) is 3.46. The lowest BCUT2D eigenvalue weighted by Crippen LogP contribution is -2.49. The Bertz CT molecular complexity index is 213. The van der Waals surface area contributed by atoms with E-state index in [-0.39, 0.29) is 31.6 Å². The fourth-order valence-corrected chi connectivity index (χ4v) is 1.21. The molecular formula is C10H22N2O5. The molecule has 2 atom stereocenters. The number of carbonyl (C=O) groups excluding carboxylic acids is 1. The van der Waals surface area contributed by atoms with Crippen LogP contribution in [0.15, 0.2) is 0 Å². The number of aliphatic hydroxyl groups is 2. The van der Waals surface area contributed by atoms with Crippen LogP contribution in [0.1, 0.15) is 13.8 Å². The number of nitrogens with one attached hydrogen (secondary N) is 1. The number of rotatable bonds is 9. The fourth-order valence-electron chi connectivity index (χ4n) is 1.21. The molecule has 0 heterocycles. The normalized spacial score (nSPS) is 14.7. The number of hydrogen-bond donors (Lipinski definition) is 4. The van der Waals surface area contributed by atoms with Crippen molar-refractivity contribution in [2.24, 2.45) is 11.7 Å². The van der Waals surface area contributed by atoms with Crippen LogP contribution in [0.5, 0.6) is 0 Å². The van der Waals surface area contributed by atoms with E-state index in [0.29, 0.717) is 0 Å². The molecule has 17 heavy (non-hydrogen) atoms. The topological polar surface area (TPSA) is 114 Å². The highest BCUT2D eigenvalue weighted by Gasteiger charge is 2.24. The van der Waals surface area contributed by atoms with Gasteiger partial charge in [-0.2, -0.15) is 0 Å². The summed E-state index contributed by atoms with van der Waals surface area (Å²) >= 11 is 0. The van der Waals surface area contributed by atoms with Crippen LogP contribution in [-0.2, 0) is 14.3 Å². The summed E-state index contributed by atoms with van der Waals surface area (Å²) in [4.78, 5) is 11.1. The Balaban J connectivity index is 4.06. The molecule has 0 aliphatic heterocycles. The van der Waals surface area contributed by atoms with Gasteiger partial charge in [0.05, 0.1) is 25.8 Å². The molecule has 7 nitrogen and oxygen atoms in total. The van der Waals surface area contributed by atoms with E-state index in [9.17, 15) is 9.90 Å². The zero-order valence-corrected chi connectivity index (χ0v) is 10.3. The van der Waals surface area contributed by atoms with Crippen molar-refractivity contribution < 1.29 is 24.5 Å². The zero-order valence-electron chi connectivity index (χ0n) is 10.3. The van der Waals surface area contributed by atoms with Crippen LogP contribution < -0.4 is 11.1 Å². The number of carbonyl (C=O) groups is 1. The lowest BCUT2D eigenvalue weighted by atomic mass is 10.0. The van der Waals surface area contributed by atoms with E-state index in [2.05, 4.69) is 10.1 Å². The molecule has 0 fully saturated rings. The van der Waals surface area contributed by atoms with Crippen LogP contribution in [0.25, 0.3) is 0 Å². The Kier molecular flexibility index (Phi) is 8.92. The molecule has 7 heteroatoms. The van der Waals surface area contributed by atoms with Gasteiger partial charge < -0.3 is 30.7 Å². The summed E-state index contributed by atoms with van der Waals surface area (Å²) in [6, 6.07) is -0.528. The van der Waals surface area contributed by atoms with Crippen molar-refractivity contribution in [1.29, 1.82) is 0 Å². The van der Waals surface area contributed by atoms with Crippen molar-refractivity contribution in [3.8, 4) is 0 Å². The Labute approximate surface area is 101 Å². The molecule has 1 unspecified atom stereocenters. The number of hydrogen-bond acceptors (Lipinski definition) is 6. The molecule has 5 N–H and O–H groups in total. The zero-order chi connectivity index (χ0) is 13.3. The van der Waals surface area contributed by atoms with Crippen molar-refractivity contribution >= 4 is 5.91 Å². The minimum absolute atomic E-state index is 0.000685. The van der Waals surface area contributed by atoms with Crippen LogP contribution >= 0.6 is 0 Å². The summed E-state index contributed by atoms with van der Waals surface area (Å²) in [7, 11) is 0. The van der Waals surface area contributed by atoms with Gasteiger partial charge in [0.2, 0.25) is 5.91 Å². The van der Waals surface area contributed by atoms with E-state index >= 15 is 0 Å². The monoisotopic (exact) mass is 250 g/mol. The second kappa shape index (κ2) is 9.32. The number of ether oxygens (including phenoxy) is 2. The summed E-state index contributed by atoms with van der Waals surface area (Å²) in [5.41, 5.74) is 5.18. The summed E-state index contributed by atoms with van der Waals surface area (Å²) in [5, 5.41) is 20.7. The van der Waals surface area contributed by atoms with Crippen molar-refractivity contribution in [3.05, 3.63) is 0 Å². The van der Waals surface area contributed by atoms with Gasteiger partial charge in [-0.15, -0.1) is 0 Å². The van der Waals surface area contributed by atoms with E-state index < -0.39 is 19.1 Å². The second-order valence-corrected chi connectivity index (χ2v) is 3.84. The maximum absolute atomic E-state index is 11.1. The Hall–Kier alpha value is -0.730. The Morgan fingerprint density at radius 3 is 2.53 bits per heavy atom. The first-order valence-corrected chi connectivity index (χ1v) is 5.50. The lowest BCUT2D eigenvalue weighted by molar-refractivity contribution is -0.150. The van der Waals surface area contributed by atoms with E-state index in [1.54, 1.807) is 0 Å². The second-order valence-electron chi connectivity index (χ2n) is 3.84. The molecule has 0 spiro atoms. The first kappa shape index (κ1) is 16.3. The maximum Gasteiger partial charge on any atom is 0.234 e. The third kappa shape index (κ3) is 7.24. The van der Waals surface area contributed by atoms with Crippen LogP contribution in [0.3, 0.4) is 0 Å². The maximum atomic E-state index is 11.1. The van der Waals surface area contributed by atoms with Crippen LogP contribution in [0.2, 0.25) is 0 Å². The van der Waals surface area contributed by atoms with Gasteiger partial charge in [-0.1, -0.05) is 13.8 Å². The highest BCUT2D eigenvalue weighted by molar-refractivity contribution is 5.78. The molecule has 0 saturated carbocycles. The number of amides is 1.